The Hall–Kier alpha value is -2.56. The molecule has 1 N–H and O–H groups in total. The number of ether oxygens (including phenoxy) is 1. The molecule has 0 saturated carbocycles. The molecule has 0 spiro atoms. The van der Waals surface area contributed by atoms with Gasteiger partial charge in [0.05, 0.1) is 12.0 Å². The van der Waals surface area contributed by atoms with Crippen molar-refractivity contribution in [3.05, 3.63) is 64.2 Å². The summed E-state index contributed by atoms with van der Waals surface area (Å²) < 4.78 is 5.12. The summed E-state index contributed by atoms with van der Waals surface area (Å²) in [5.41, 5.74) is 1.63. The molecule has 0 fully saturated rings. The highest BCUT2D eigenvalue weighted by Crippen LogP contribution is 2.21. The average molecular weight is 258 g/mol. The third-order valence-electron chi connectivity index (χ3n) is 2.74. The zero-order valence-electron chi connectivity index (χ0n) is 10.5. The monoisotopic (exact) mass is 258 g/mol. The lowest BCUT2D eigenvalue weighted by Gasteiger charge is -2.08. The number of methoxy groups -OCH3 is 1. The van der Waals surface area contributed by atoms with Crippen LogP contribution in [0.3, 0.4) is 0 Å². The number of hydrogen-bond acceptors (Lipinski definition) is 4. The summed E-state index contributed by atoms with van der Waals surface area (Å²) in [6, 6.07) is 14.1. The molecule has 5 heteroatoms. The molecule has 2 rings (SSSR count). The van der Waals surface area contributed by atoms with Crippen LogP contribution in [0.2, 0.25) is 0 Å². The summed E-state index contributed by atoms with van der Waals surface area (Å²) in [6.07, 6.45) is 0. The maximum absolute atomic E-state index is 10.9. The van der Waals surface area contributed by atoms with Gasteiger partial charge in [-0.25, -0.2) is 0 Å². The maximum atomic E-state index is 10.9. The van der Waals surface area contributed by atoms with Gasteiger partial charge >= 0.3 is 0 Å². The van der Waals surface area contributed by atoms with E-state index in [1.165, 1.54) is 6.07 Å². The van der Waals surface area contributed by atoms with Crippen LogP contribution in [0.1, 0.15) is 5.56 Å². The Kier molecular flexibility index (Phi) is 3.97. The van der Waals surface area contributed by atoms with Gasteiger partial charge < -0.3 is 10.1 Å². The standard InChI is InChI=1S/C14H14N2O3/c1-19-13-7-4-6-12(9-13)15-10-11-5-2-3-8-14(11)16(17)18/h2-9,15H,10H2,1H3. The molecule has 0 saturated heterocycles. The molecule has 0 heterocycles. The lowest BCUT2D eigenvalue weighted by atomic mass is 10.2. The van der Waals surface area contributed by atoms with Crippen LogP contribution in [0, 0.1) is 10.1 Å². The fraction of sp³-hybridized carbons (Fsp3) is 0.143. The molecule has 0 aromatic heterocycles. The van der Waals surface area contributed by atoms with Crippen LogP contribution in [0.4, 0.5) is 11.4 Å². The van der Waals surface area contributed by atoms with E-state index in [0.29, 0.717) is 12.1 Å². The van der Waals surface area contributed by atoms with E-state index in [-0.39, 0.29) is 10.6 Å². The van der Waals surface area contributed by atoms with Crippen LogP contribution >= 0.6 is 0 Å². The molecular weight excluding hydrogens is 244 g/mol. The molecule has 0 aliphatic carbocycles. The molecule has 5 nitrogen and oxygen atoms in total. The lowest BCUT2D eigenvalue weighted by molar-refractivity contribution is -0.385. The Morgan fingerprint density at radius 1 is 1.21 bits per heavy atom. The van der Waals surface area contributed by atoms with Crippen LogP contribution in [0.15, 0.2) is 48.5 Å². The summed E-state index contributed by atoms with van der Waals surface area (Å²) in [5.74, 6) is 0.743. The minimum Gasteiger partial charge on any atom is -0.497 e. The van der Waals surface area contributed by atoms with Crippen molar-refractivity contribution in [2.45, 2.75) is 6.54 Å². The van der Waals surface area contributed by atoms with E-state index in [0.717, 1.165) is 11.4 Å². The number of hydrogen-bond donors (Lipinski definition) is 1. The van der Waals surface area contributed by atoms with Crippen LogP contribution in [0.5, 0.6) is 5.75 Å². The van der Waals surface area contributed by atoms with Crippen LogP contribution in [0.25, 0.3) is 0 Å². The van der Waals surface area contributed by atoms with Crippen LogP contribution < -0.4 is 10.1 Å². The Balaban J connectivity index is 2.12. The molecule has 2 aromatic rings. The Bertz CT molecular complexity index is 584. The average Bonchev–Trinajstić information content (AvgIpc) is 2.45. The van der Waals surface area contributed by atoms with E-state index in [2.05, 4.69) is 5.32 Å². The molecule has 0 radical (unpaired) electrons. The first kappa shape index (κ1) is 12.9. The highest BCUT2D eigenvalue weighted by Gasteiger charge is 2.11. The summed E-state index contributed by atoms with van der Waals surface area (Å²) in [5, 5.41) is 14.0. The molecule has 0 aliphatic rings. The van der Waals surface area contributed by atoms with E-state index in [9.17, 15) is 10.1 Å². The van der Waals surface area contributed by atoms with Gasteiger partial charge in [0.1, 0.15) is 5.75 Å². The van der Waals surface area contributed by atoms with Crippen LogP contribution in [-0.2, 0) is 6.54 Å². The third-order valence-corrected chi connectivity index (χ3v) is 2.74. The summed E-state index contributed by atoms with van der Waals surface area (Å²) in [7, 11) is 1.60. The summed E-state index contributed by atoms with van der Waals surface area (Å²) in [4.78, 5) is 10.5. The SMILES string of the molecule is COc1cccc(NCc2ccccc2[N+](=O)[O-])c1. The highest BCUT2D eigenvalue weighted by molar-refractivity contribution is 5.50. The number of para-hydroxylation sites is 1. The predicted octanol–water partition coefficient (Wildman–Crippen LogP) is 3.22. The summed E-state index contributed by atoms with van der Waals surface area (Å²) in [6.45, 7) is 0.393. The van der Waals surface area contributed by atoms with Gasteiger partial charge in [0.25, 0.3) is 5.69 Å². The largest absolute Gasteiger partial charge is 0.497 e. The zero-order valence-corrected chi connectivity index (χ0v) is 10.5. The van der Waals surface area contributed by atoms with E-state index in [4.69, 9.17) is 4.74 Å². The molecule has 0 atom stereocenters. The molecule has 19 heavy (non-hydrogen) atoms. The number of rotatable bonds is 5. The van der Waals surface area contributed by atoms with Gasteiger partial charge in [0, 0.05) is 29.9 Å². The number of nitro groups is 1. The first-order chi connectivity index (χ1) is 9.20. The first-order valence-electron chi connectivity index (χ1n) is 5.81. The molecule has 0 unspecified atom stereocenters. The highest BCUT2D eigenvalue weighted by atomic mass is 16.6. The van der Waals surface area contributed by atoms with Crippen molar-refractivity contribution in [3.8, 4) is 5.75 Å². The van der Waals surface area contributed by atoms with Gasteiger partial charge in [-0.3, -0.25) is 10.1 Å². The quantitative estimate of drug-likeness (QED) is 0.660. The lowest BCUT2D eigenvalue weighted by Crippen LogP contribution is -2.03. The number of nitrogens with zero attached hydrogens (tertiary/aromatic N) is 1. The Labute approximate surface area is 111 Å². The summed E-state index contributed by atoms with van der Waals surface area (Å²) >= 11 is 0. The van der Waals surface area contributed by atoms with Gasteiger partial charge in [0.2, 0.25) is 0 Å². The van der Waals surface area contributed by atoms with Gasteiger partial charge in [0.15, 0.2) is 0 Å². The second-order valence-electron chi connectivity index (χ2n) is 3.97. The third kappa shape index (κ3) is 3.22. The fourth-order valence-corrected chi connectivity index (χ4v) is 1.77. The number of benzene rings is 2. The number of nitro benzene ring substituents is 1. The van der Waals surface area contributed by atoms with Gasteiger partial charge in [-0.1, -0.05) is 24.3 Å². The van der Waals surface area contributed by atoms with Crippen molar-refractivity contribution in [1.29, 1.82) is 0 Å². The normalized spacial score (nSPS) is 9.95. The van der Waals surface area contributed by atoms with Crippen molar-refractivity contribution in [2.75, 3.05) is 12.4 Å². The fourth-order valence-electron chi connectivity index (χ4n) is 1.77. The Morgan fingerprint density at radius 3 is 2.74 bits per heavy atom. The molecule has 0 aliphatic heterocycles. The maximum Gasteiger partial charge on any atom is 0.274 e. The van der Waals surface area contributed by atoms with Gasteiger partial charge in [-0.2, -0.15) is 0 Å². The minimum atomic E-state index is -0.372. The van der Waals surface area contributed by atoms with E-state index < -0.39 is 0 Å². The number of nitrogens with one attached hydrogen (secondary N) is 1. The predicted molar refractivity (Wildman–Crippen MR) is 73.4 cm³/mol. The molecule has 2 aromatic carbocycles. The van der Waals surface area contributed by atoms with Gasteiger partial charge in [-0.05, 0) is 12.1 Å². The molecule has 0 bridgehead atoms. The topological polar surface area (TPSA) is 64.4 Å². The van der Waals surface area contributed by atoms with Crippen molar-refractivity contribution >= 4 is 11.4 Å². The molecular formula is C14H14N2O3. The zero-order chi connectivity index (χ0) is 13.7. The Morgan fingerprint density at radius 2 is 2.00 bits per heavy atom. The second kappa shape index (κ2) is 5.86. The molecule has 0 amide bonds. The first-order valence-corrected chi connectivity index (χ1v) is 5.81. The van der Waals surface area contributed by atoms with Crippen LogP contribution in [-0.4, -0.2) is 12.0 Å². The molecule has 98 valence electrons. The van der Waals surface area contributed by atoms with E-state index in [1.807, 2.05) is 24.3 Å². The number of anilines is 1. The van der Waals surface area contributed by atoms with Crippen molar-refractivity contribution in [1.82, 2.24) is 0 Å². The second-order valence-corrected chi connectivity index (χ2v) is 3.97. The smallest absolute Gasteiger partial charge is 0.274 e. The van der Waals surface area contributed by atoms with E-state index >= 15 is 0 Å². The van der Waals surface area contributed by atoms with Gasteiger partial charge in [-0.15, -0.1) is 0 Å². The van der Waals surface area contributed by atoms with E-state index in [1.54, 1.807) is 25.3 Å². The van der Waals surface area contributed by atoms with Crippen molar-refractivity contribution in [3.63, 3.8) is 0 Å². The van der Waals surface area contributed by atoms with Crippen molar-refractivity contribution in [2.24, 2.45) is 0 Å². The minimum absolute atomic E-state index is 0.123. The van der Waals surface area contributed by atoms with Crippen molar-refractivity contribution < 1.29 is 9.66 Å².